The first-order valence-corrected chi connectivity index (χ1v) is 9.33. The van der Waals surface area contributed by atoms with Crippen LogP contribution in [0.4, 0.5) is 11.4 Å². The van der Waals surface area contributed by atoms with Gasteiger partial charge in [-0.05, 0) is 36.4 Å². The summed E-state index contributed by atoms with van der Waals surface area (Å²) in [5.74, 6) is -0.525. The lowest BCUT2D eigenvalue weighted by Crippen LogP contribution is -2.47. The van der Waals surface area contributed by atoms with Gasteiger partial charge in [0.05, 0.1) is 5.69 Å². The van der Waals surface area contributed by atoms with E-state index in [9.17, 15) is 9.59 Å². The summed E-state index contributed by atoms with van der Waals surface area (Å²) in [6, 6.07) is 17.4. The van der Waals surface area contributed by atoms with Crippen molar-refractivity contribution in [1.29, 1.82) is 0 Å². The molecular formula is C20H18BrN3O2. The normalized spacial score (nSPS) is 17.7. The minimum absolute atomic E-state index is 0.245. The summed E-state index contributed by atoms with van der Waals surface area (Å²) in [5.41, 5.74) is 2.27. The van der Waals surface area contributed by atoms with E-state index in [1.807, 2.05) is 35.2 Å². The van der Waals surface area contributed by atoms with Gasteiger partial charge in [0.2, 0.25) is 0 Å². The van der Waals surface area contributed by atoms with Crippen LogP contribution >= 0.6 is 15.9 Å². The first-order valence-electron chi connectivity index (χ1n) is 8.54. The number of nitrogens with zero attached hydrogens (tertiary/aromatic N) is 3. The number of benzene rings is 2. The number of hydrogen-bond donors (Lipinski definition) is 0. The number of anilines is 2. The molecule has 6 heteroatoms. The van der Waals surface area contributed by atoms with E-state index >= 15 is 0 Å². The lowest BCUT2D eigenvalue weighted by Gasteiger charge is -2.37. The zero-order valence-corrected chi connectivity index (χ0v) is 15.7. The average Bonchev–Trinajstić information content (AvgIpc) is 2.98. The predicted octanol–water partition coefficient (Wildman–Crippen LogP) is 3.03. The fourth-order valence-corrected chi connectivity index (χ4v) is 3.63. The van der Waals surface area contributed by atoms with Crippen molar-refractivity contribution in [1.82, 2.24) is 4.90 Å². The Morgan fingerprint density at radius 2 is 1.35 bits per heavy atom. The molecule has 2 heterocycles. The van der Waals surface area contributed by atoms with Crippen molar-refractivity contribution < 1.29 is 9.59 Å². The number of amides is 2. The fraction of sp³-hybridized carbons (Fsp3) is 0.200. The zero-order valence-electron chi connectivity index (χ0n) is 14.1. The van der Waals surface area contributed by atoms with Gasteiger partial charge < -0.3 is 9.80 Å². The number of carbonyl (C=O) groups is 2. The van der Waals surface area contributed by atoms with Crippen LogP contribution in [0.15, 0.2) is 70.8 Å². The SMILES string of the molecule is O=C1C=C(N2CCN(c3ccccc3)CC2)C(=O)N1c1ccc(Br)cc1. The molecule has 2 aliphatic rings. The molecular weight excluding hydrogens is 394 g/mol. The second-order valence-electron chi connectivity index (χ2n) is 6.29. The first-order chi connectivity index (χ1) is 12.6. The summed E-state index contributed by atoms with van der Waals surface area (Å²) in [6.45, 7) is 3.07. The van der Waals surface area contributed by atoms with Crippen LogP contribution in [0.1, 0.15) is 0 Å². The van der Waals surface area contributed by atoms with E-state index in [1.165, 1.54) is 16.7 Å². The van der Waals surface area contributed by atoms with Crippen LogP contribution in [0.3, 0.4) is 0 Å². The van der Waals surface area contributed by atoms with Gasteiger partial charge in [-0.1, -0.05) is 34.1 Å². The van der Waals surface area contributed by atoms with Crippen LogP contribution in [0.25, 0.3) is 0 Å². The number of imide groups is 1. The van der Waals surface area contributed by atoms with Gasteiger partial charge in [0, 0.05) is 42.4 Å². The highest BCUT2D eigenvalue weighted by atomic mass is 79.9. The second kappa shape index (κ2) is 6.96. The molecule has 26 heavy (non-hydrogen) atoms. The Balaban J connectivity index is 1.46. The number of halogens is 1. The van der Waals surface area contributed by atoms with Crippen molar-refractivity contribution in [3.8, 4) is 0 Å². The van der Waals surface area contributed by atoms with E-state index in [4.69, 9.17) is 0 Å². The molecule has 2 aromatic rings. The van der Waals surface area contributed by atoms with Gasteiger partial charge >= 0.3 is 0 Å². The van der Waals surface area contributed by atoms with Crippen LogP contribution in [-0.2, 0) is 9.59 Å². The monoisotopic (exact) mass is 411 g/mol. The predicted molar refractivity (Wildman–Crippen MR) is 105 cm³/mol. The number of rotatable bonds is 3. The van der Waals surface area contributed by atoms with Gasteiger partial charge in [-0.25, -0.2) is 4.90 Å². The highest BCUT2D eigenvalue weighted by Crippen LogP contribution is 2.27. The van der Waals surface area contributed by atoms with Crippen molar-refractivity contribution in [2.24, 2.45) is 0 Å². The van der Waals surface area contributed by atoms with Crippen LogP contribution in [0.2, 0.25) is 0 Å². The maximum Gasteiger partial charge on any atom is 0.281 e. The van der Waals surface area contributed by atoms with E-state index in [0.29, 0.717) is 24.5 Å². The minimum Gasteiger partial charge on any atom is -0.368 e. The molecule has 0 saturated carbocycles. The van der Waals surface area contributed by atoms with Crippen LogP contribution in [0.5, 0.6) is 0 Å². The van der Waals surface area contributed by atoms with Crippen LogP contribution < -0.4 is 9.80 Å². The van der Waals surface area contributed by atoms with Crippen molar-refractivity contribution >= 4 is 39.1 Å². The minimum atomic E-state index is -0.280. The average molecular weight is 412 g/mol. The number of hydrogen-bond acceptors (Lipinski definition) is 4. The molecule has 0 radical (unpaired) electrons. The number of carbonyl (C=O) groups excluding carboxylic acids is 2. The second-order valence-corrected chi connectivity index (χ2v) is 7.21. The Morgan fingerprint density at radius 3 is 2.00 bits per heavy atom. The molecule has 2 aliphatic heterocycles. The molecule has 0 spiro atoms. The Morgan fingerprint density at radius 1 is 0.731 bits per heavy atom. The maximum absolute atomic E-state index is 12.8. The molecule has 2 amide bonds. The quantitative estimate of drug-likeness (QED) is 0.728. The molecule has 0 aromatic heterocycles. The molecule has 0 bridgehead atoms. The van der Waals surface area contributed by atoms with E-state index in [2.05, 4.69) is 33.0 Å². The third-order valence-corrected chi connectivity index (χ3v) is 5.26. The summed E-state index contributed by atoms with van der Waals surface area (Å²) in [5, 5.41) is 0. The largest absolute Gasteiger partial charge is 0.368 e. The molecule has 0 atom stereocenters. The zero-order chi connectivity index (χ0) is 18.1. The lowest BCUT2D eigenvalue weighted by atomic mass is 10.2. The molecule has 0 N–H and O–H groups in total. The molecule has 1 saturated heterocycles. The topological polar surface area (TPSA) is 43.9 Å². The van der Waals surface area contributed by atoms with Gasteiger partial charge in [-0.3, -0.25) is 9.59 Å². The highest BCUT2D eigenvalue weighted by molar-refractivity contribution is 9.10. The maximum atomic E-state index is 12.8. The van der Waals surface area contributed by atoms with Gasteiger partial charge in [-0.2, -0.15) is 0 Å². The van der Waals surface area contributed by atoms with Crippen LogP contribution in [-0.4, -0.2) is 42.9 Å². The smallest absolute Gasteiger partial charge is 0.281 e. The standard InChI is InChI=1S/C20H18BrN3O2/c21-15-6-8-17(9-7-15)24-19(25)14-18(20(24)26)23-12-10-22(11-13-23)16-4-2-1-3-5-16/h1-9,14H,10-13H2. The molecule has 2 aromatic carbocycles. The van der Waals surface area contributed by atoms with Crippen molar-refractivity contribution in [3.63, 3.8) is 0 Å². The molecule has 0 unspecified atom stereocenters. The Kier molecular flexibility index (Phi) is 4.51. The van der Waals surface area contributed by atoms with Crippen LogP contribution in [0, 0.1) is 0 Å². The highest BCUT2D eigenvalue weighted by Gasteiger charge is 2.36. The number of piperazine rings is 1. The van der Waals surface area contributed by atoms with E-state index in [0.717, 1.165) is 17.6 Å². The molecule has 4 rings (SSSR count). The Bertz CT molecular complexity index is 856. The molecule has 0 aliphatic carbocycles. The summed E-state index contributed by atoms with van der Waals surface area (Å²) in [4.78, 5) is 30.8. The third-order valence-electron chi connectivity index (χ3n) is 4.73. The van der Waals surface area contributed by atoms with Crippen molar-refractivity contribution in [2.45, 2.75) is 0 Å². The van der Waals surface area contributed by atoms with Gasteiger partial charge in [0.25, 0.3) is 11.8 Å². The first kappa shape index (κ1) is 16.8. The van der Waals surface area contributed by atoms with Gasteiger partial charge in [0.1, 0.15) is 5.70 Å². The van der Waals surface area contributed by atoms with E-state index < -0.39 is 0 Å². The van der Waals surface area contributed by atoms with Gasteiger partial charge in [-0.15, -0.1) is 0 Å². The van der Waals surface area contributed by atoms with Gasteiger partial charge in [0.15, 0.2) is 0 Å². The lowest BCUT2D eigenvalue weighted by molar-refractivity contribution is -0.120. The van der Waals surface area contributed by atoms with E-state index in [1.54, 1.807) is 12.1 Å². The fourth-order valence-electron chi connectivity index (χ4n) is 3.36. The van der Waals surface area contributed by atoms with E-state index in [-0.39, 0.29) is 11.8 Å². The van der Waals surface area contributed by atoms with Crippen molar-refractivity contribution in [3.05, 3.63) is 70.8 Å². The Hall–Kier alpha value is -2.60. The molecule has 5 nitrogen and oxygen atoms in total. The molecule has 132 valence electrons. The molecule has 1 fully saturated rings. The van der Waals surface area contributed by atoms with Crippen molar-refractivity contribution in [2.75, 3.05) is 36.0 Å². The summed E-state index contributed by atoms with van der Waals surface area (Å²) < 4.78 is 0.908. The third kappa shape index (κ3) is 3.12. The summed E-state index contributed by atoms with van der Waals surface area (Å²) in [6.07, 6.45) is 1.46. The summed E-state index contributed by atoms with van der Waals surface area (Å²) in [7, 11) is 0. The Labute approximate surface area is 160 Å². The summed E-state index contributed by atoms with van der Waals surface area (Å²) >= 11 is 3.37. The number of para-hydroxylation sites is 1.